The van der Waals surface area contributed by atoms with Crippen molar-refractivity contribution in [1.82, 2.24) is 29.2 Å². The second kappa shape index (κ2) is 9.76. The molecule has 0 atom stereocenters. The summed E-state index contributed by atoms with van der Waals surface area (Å²) >= 11 is 0.950. The third-order valence-corrected chi connectivity index (χ3v) is 7.78. The number of hydrogen-bond donors (Lipinski definition) is 0. The zero-order valence-corrected chi connectivity index (χ0v) is 19.4. The quantitative estimate of drug-likeness (QED) is 0.439. The minimum Gasteiger partial charge on any atom is -0.411 e. The molecule has 0 aliphatic carbocycles. The van der Waals surface area contributed by atoms with Crippen LogP contribution in [0.25, 0.3) is 11.5 Å². The Bertz CT molecular complexity index is 1270. The monoisotopic (exact) mass is 516 g/mol. The number of sulfonamides is 1. The van der Waals surface area contributed by atoms with Crippen molar-refractivity contribution in [3.63, 3.8) is 0 Å². The lowest BCUT2D eigenvalue weighted by atomic mass is 10.2. The largest absolute Gasteiger partial charge is 0.411 e. The van der Waals surface area contributed by atoms with Crippen LogP contribution in [0.1, 0.15) is 12.1 Å². The van der Waals surface area contributed by atoms with E-state index in [4.69, 9.17) is 4.42 Å². The van der Waals surface area contributed by atoms with Crippen LogP contribution in [-0.4, -0.2) is 75.4 Å². The highest BCUT2D eigenvalue weighted by molar-refractivity contribution is 7.99. The van der Waals surface area contributed by atoms with E-state index in [0.29, 0.717) is 0 Å². The molecule has 1 fully saturated rings. The van der Waals surface area contributed by atoms with E-state index in [-0.39, 0.29) is 59.4 Å². The molecule has 4 rings (SSSR count). The number of carbonyl (C=O) groups is 1. The first-order valence-electron chi connectivity index (χ1n) is 9.97. The molecular formula is C19H19F3N6O4S2. The van der Waals surface area contributed by atoms with Crippen molar-refractivity contribution in [2.75, 3.05) is 31.9 Å². The number of amides is 1. The van der Waals surface area contributed by atoms with Crippen LogP contribution in [0.5, 0.6) is 0 Å². The molecule has 0 spiro atoms. The first-order valence-corrected chi connectivity index (χ1v) is 12.4. The summed E-state index contributed by atoms with van der Waals surface area (Å²) in [6, 6.07) is 4.56. The van der Waals surface area contributed by atoms with Gasteiger partial charge in [0, 0.05) is 39.4 Å². The summed E-state index contributed by atoms with van der Waals surface area (Å²) in [6.45, 7) is 0.557. The number of benzene rings is 1. The first-order chi connectivity index (χ1) is 16.1. The molecule has 0 unspecified atom stereocenters. The van der Waals surface area contributed by atoms with E-state index < -0.39 is 28.0 Å². The number of rotatable bonds is 7. The van der Waals surface area contributed by atoms with Crippen LogP contribution < -0.4 is 0 Å². The molecule has 1 aromatic carbocycles. The van der Waals surface area contributed by atoms with Gasteiger partial charge < -0.3 is 9.32 Å². The third kappa shape index (κ3) is 5.10. The first kappa shape index (κ1) is 24.2. The molecule has 3 aromatic rings. The van der Waals surface area contributed by atoms with E-state index in [1.54, 1.807) is 0 Å². The highest BCUT2D eigenvalue weighted by Gasteiger charge is 2.30. The second-order valence-electron chi connectivity index (χ2n) is 7.30. The minimum atomic E-state index is -3.78. The van der Waals surface area contributed by atoms with Gasteiger partial charge in [-0.1, -0.05) is 11.8 Å². The van der Waals surface area contributed by atoms with Gasteiger partial charge in [-0.15, -0.1) is 10.2 Å². The van der Waals surface area contributed by atoms with Crippen molar-refractivity contribution in [3.8, 4) is 11.5 Å². The molecule has 3 heterocycles. The Morgan fingerprint density at radius 3 is 2.47 bits per heavy atom. The molecular weight excluding hydrogens is 497 g/mol. The molecule has 1 amide bonds. The molecule has 0 radical (unpaired) electrons. The normalized spacial score (nSPS) is 15.3. The Labute approximate surface area is 196 Å². The van der Waals surface area contributed by atoms with Crippen LogP contribution in [0.2, 0.25) is 0 Å². The maximum Gasteiger partial charge on any atom is 0.282 e. The fourth-order valence-electron chi connectivity index (χ4n) is 3.36. The summed E-state index contributed by atoms with van der Waals surface area (Å²) in [7, 11) is -2.29. The van der Waals surface area contributed by atoms with E-state index in [0.717, 1.165) is 23.9 Å². The van der Waals surface area contributed by atoms with E-state index in [9.17, 15) is 26.4 Å². The molecule has 15 heteroatoms. The fraction of sp³-hybridized carbons (Fsp3) is 0.368. The van der Waals surface area contributed by atoms with E-state index in [1.165, 1.54) is 39.3 Å². The Balaban J connectivity index is 1.32. The number of halogens is 3. The van der Waals surface area contributed by atoms with Crippen molar-refractivity contribution < 1.29 is 30.8 Å². The molecule has 182 valence electrons. The van der Waals surface area contributed by atoms with Gasteiger partial charge in [-0.25, -0.2) is 21.6 Å². The number of aryl methyl sites for hydroxylation is 1. The van der Waals surface area contributed by atoms with Crippen molar-refractivity contribution in [2.24, 2.45) is 7.05 Å². The van der Waals surface area contributed by atoms with Gasteiger partial charge in [0.05, 0.1) is 16.2 Å². The van der Waals surface area contributed by atoms with Crippen LogP contribution in [0, 0.1) is 5.82 Å². The summed E-state index contributed by atoms with van der Waals surface area (Å²) in [6.07, 6.45) is -1.47. The Morgan fingerprint density at radius 2 is 1.82 bits per heavy atom. The van der Waals surface area contributed by atoms with Gasteiger partial charge in [-0.2, -0.15) is 9.40 Å². The van der Waals surface area contributed by atoms with Crippen LogP contribution in [0.15, 0.2) is 45.0 Å². The zero-order chi connectivity index (χ0) is 24.5. The fourth-order valence-corrected chi connectivity index (χ4v) is 5.44. The molecule has 34 heavy (non-hydrogen) atoms. The predicted octanol–water partition coefficient (Wildman–Crippen LogP) is 2.17. The van der Waals surface area contributed by atoms with Crippen LogP contribution >= 0.6 is 11.8 Å². The molecule has 1 saturated heterocycles. The molecule has 1 aliphatic rings. The number of carbonyl (C=O) groups excluding carboxylic acids is 1. The van der Waals surface area contributed by atoms with Crippen molar-refractivity contribution in [1.29, 1.82) is 0 Å². The van der Waals surface area contributed by atoms with Crippen molar-refractivity contribution in [2.45, 2.75) is 16.5 Å². The number of alkyl halides is 2. The number of nitrogens with zero attached hydrogens (tertiary/aromatic N) is 6. The highest BCUT2D eigenvalue weighted by atomic mass is 32.2. The van der Waals surface area contributed by atoms with Gasteiger partial charge in [0.15, 0.2) is 0 Å². The third-order valence-electron chi connectivity index (χ3n) is 5.06. The molecule has 0 saturated carbocycles. The van der Waals surface area contributed by atoms with Crippen LogP contribution in [0.4, 0.5) is 13.2 Å². The van der Waals surface area contributed by atoms with Gasteiger partial charge in [0.1, 0.15) is 11.5 Å². The van der Waals surface area contributed by atoms with Gasteiger partial charge in [-0.3, -0.25) is 9.48 Å². The minimum absolute atomic E-state index is 0.0138. The van der Waals surface area contributed by atoms with Crippen molar-refractivity contribution in [3.05, 3.63) is 42.0 Å². The standard InChI is InChI=1S/C19H19F3N6O4S2/c1-26-10-14(16(25-26)17(21)22)18-23-24-19(32-18)33-11-15(29)27-6-8-28(9-7-27)34(30,31)13-4-2-12(20)3-5-13/h2-5,10,17H,6-9,11H2,1H3. The lowest BCUT2D eigenvalue weighted by molar-refractivity contribution is -0.129. The average molecular weight is 517 g/mol. The lowest BCUT2D eigenvalue weighted by Crippen LogP contribution is -2.50. The van der Waals surface area contributed by atoms with E-state index >= 15 is 0 Å². The molecule has 0 N–H and O–H groups in total. The smallest absolute Gasteiger partial charge is 0.282 e. The Morgan fingerprint density at radius 1 is 1.15 bits per heavy atom. The maximum atomic E-state index is 13.1. The zero-order valence-electron chi connectivity index (χ0n) is 17.8. The predicted molar refractivity (Wildman–Crippen MR) is 114 cm³/mol. The Hall–Kier alpha value is -2.91. The molecule has 10 nitrogen and oxygen atoms in total. The number of piperazine rings is 1. The summed E-state index contributed by atoms with van der Waals surface area (Å²) in [5.74, 6) is -0.979. The second-order valence-corrected chi connectivity index (χ2v) is 10.2. The summed E-state index contributed by atoms with van der Waals surface area (Å²) < 4.78 is 72.6. The number of aromatic nitrogens is 4. The number of thioether (sulfide) groups is 1. The van der Waals surface area contributed by atoms with Gasteiger partial charge in [-0.05, 0) is 24.3 Å². The van der Waals surface area contributed by atoms with Crippen LogP contribution in [0.3, 0.4) is 0 Å². The molecule has 1 aliphatic heterocycles. The lowest BCUT2D eigenvalue weighted by Gasteiger charge is -2.33. The van der Waals surface area contributed by atoms with Gasteiger partial charge >= 0.3 is 0 Å². The summed E-state index contributed by atoms with van der Waals surface area (Å²) in [5.41, 5.74) is -0.464. The summed E-state index contributed by atoms with van der Waals surface area (Å²) in [5, 5.41) is 11.3. The summed E-state index contributed by atoms with van der Waals surface area (Å²) in [4.78, 5) is 14.0. The van der Waals surface area contributed by atoms with Gasteiger partial charge in [0.25, 0.3) is 17.5 Å². The molecule has 0 bridgehead atoms. The molecule has 2 aromatic heterocycles. The van der Waals surface area contributed by atoms with Gasteiger partial charge in [0.2, 0.25) is 15.9 Å². The SMILES string of the molecule is Cn1cc(-c2nnc(SCC(=O)N3CCN(S(=O)(=O)c4ccc(F)cc4)CC3)o2)c(C(F)F)n1. The Kier molecular flexibility index (Phi) is 6.95. The van der Waals surface area contributed by atoms with Crippen LogP contribution in [-0.2, 0) is 21.9 Å². The highest BCUT2D eigenvalue weighted by Crippen LogP contribution is 2.30. The maximum absolute atomic E-state index is 13.1. The van der Waals surface area contributed by atoms with E-state index in [2.05, 4.69) is 15.3 Å². The van der Waals surface area contributed by atoms with E-state index in [1.807, 2.05) is 0 Å². The van der Waals surface area contributed by atoms with Crippen molar-refractivity contribution >= 4 is 27.7 Å². The number of hydrogen-bond acceptors (Lipinski definition) is 8. The topological polar surface area (TPSA) is 114 Å². The average Bonchev–Trinajstić information content (AvgIpc) is 3.44.